The molecule has 2 rings (SSSR count). The van der Waals surface area contributed by atoms with Crippen molar-refractivity contribution < 1.29 is 13.2 Å². The molecule has 0 saturated carbocycles. The zero-order valence-electron chi connectivity index (χ0n) is 6.93. The molecular weight excluding hydrogens is 183 g/mol. The van der Waals surface area contributed by atoms with E-state index in [1.54, 1.807) is 0 Å². The van der Waals surface area contributed by atoms with Crippen LogP contribution in [-0.4, -0.2) is 24.4 Å². The number of hydrogen-bond donors (Lipinski definition) is 1. The Bertz CT molecular complexity index is 224. The fourth-order valence-corrected chi connectivity index (χ4v) is 1.70. The van der Waals surface area contributed by atoms with Gasteiger partial charge in [0.2, 0.25) is 0 Å². The van der Waals surface area contributed by atoms with Crippen LogP contribution in [0, 0.1) is 0 Å². The summed E-state index contributed by atoms with van der Waals surface area (Å²) in [6.07, 6.45) is -2.07. The van der Waals surface area contributed by atoms with Crippen LogP contribution in [0.2, 0.25) is 0 Å². The van der Waals surface area contributed by atoms with E-state index in [-0.39, 0.29) is 0 Å². The second kappa shape index (κ2) is 2.67. The highest BCUT2D eigenvalue weighted by Crippen LogP contribution is 2.48. The van der Waals surface area contributed by atoms with Crippen LogP contribution in [0.4, 0.5) is 13.2 Å². The minimum Gasteiger partial charge on any atom is -0.310 e. The van der Waals surface area contributed by atoms with Crippen LogP contribution in [0.5, 0.6) is 0 Å². The molecule has 1 fully saturated rings. The number of nitrogens with one attached hydrogen (secondary N) is 1. The lowest BCUT2D eigenvalue weighted by Gasteiger charge is -2.28. The van der Waals surface area contributed by atoms with Gasteiger partial charge in [-0.1, -0.05) is 6.42 Å². The molecular formula is C7H10F3N3. The average molecular weight is 193 g/mol. The Morgan fingerprint density at radius 3 is 2.31 bits per heavy atom. The lowest BCUT2D eigenvalue weighted by Crippen LogP contribution is -2.53. The lowest BCUT2D eigenvalue weighted by atomic mass is 9.95. The highest BCUT2D eigenvalue weighted by molar-refractivity contribution is 5.09. The van der Waals surface area contributed by atoms with Crippen molar-refractivity contribution in [3.8, 4) is 0 Å². The zero-order chi connectivity index (χ0) is 9.53. The molecule has 0 radical (unpaired) electrons. The molecule has 0 aromatic carbocycles. The second-order valence-corrected chi connectivity index (χ2v) is 3.43. The summed E-state index contributed by atoms with van der Waals surface area (Å²) in [5, 5.41) is 9.15. The summed E-state index contributed by atoms with van der Waals surface area (Å²) >= 11 is 0. The molecule has 0 aromatic rings. The van der Waals surface area contributed by atoms with E-state index >= 15 is 0 Å². The van der Waals surface area contributed by atoms with Gasteiger partial charge in [-0.2, -0.15) is 13.2 Å². The maximum absolute atomic E-state index is 12.5. The third-order valence-corrected chi connectivity index (χ3v) is 2.53. The van der Waals surface area contributed by atoms with E-state index < -0.39 is 17.9 Å². The molecule has 1 saturated heterocycles. The number of nitrogens with zero attached hydrogens (tertiary/aromatic N) is 2. The van der Waals surface area contributed by atoms with E-state index in [4.69, 9.17) is 0 Å². The zero-order valence-corrected chi connectivity index (χ0v) is 6.93. The van der Waals surface area contributed by atoms with Crippen molar-refractivity contribution in [1.82, 2.24) is 5.32 Å². The SMILES string of the molecule is FC(F)(F)C1(C2CCCCN2)N=N1. The predicted octanol–water partition coefficient (Wildman–Crippen LogP) is 1.85. The van der Waals surface area contributed by atoms with E-state index in [0.29, 0.717) is 13.0 Å². The third kappa shape index (κ3) is 1.33. The van der Waals surface area contributed by atoms with Crippen molar-refractivity contribution in [3.63, 3.8) is 0 Å². The summed E-state index contributed by atoms with van der Waals surface area (Å²) in [5.41, 5.74) is -2.10. The summed E-state index contributed by atoms with van der Waals surface area (Å²) < 4.78 is 37.4. The minimum atomic E-state index is -4.33. The van der Waals surface area contributed by atoms with Crippen molar-refractivity contribution in [2.45, 2.75) is 37.1 Å². The average Bonchev–Trinajstić information content (AvgIpc) is 2.84. The van der Waals surface area contributed by atoms with Crippen LogP contribution in [0.1, 0.15) is 19.3 Å². The van der Waals surface area contributed by atoms with Gasteiger partial charge in [-0.05, 0) is 19.4 Å². The molecule has 3 nitrogen and oxygen atoms in total. The van der Waals surface area contributed by atoms with Gasteiger partial charge in [0.05, 0.1) is 6.04 Å². The second-order valence-electron chi connectivity index (χ2n) is 3.43. The molecule has 13 heavy (non-hydrogen) atoms. The van der Waals surface area contributed by atoms with Gasteiger partial charge in [0.15, 0.2) is 0 Å². The summed E-state index contributed by atoms with van der Waals surface area (Å²) in [5.74, 6) is 0. The molecule has 6 heteroatoms. The molecule has 74 valence electrons. The van der Waals surface area contributed by atoms with Gasteiger partial charge in [-0.15, -0.1) is 10.2 Å². The molecule has 0 spiro atoms. The molecule has 1 N–H and O–H groups in total. The Balaban J connectivity index is 2.06. The number of rotatable bonds is 1. The van der Waals surface area contributed by atoms with Crippen LogP contribution in [0.15, 0.2) is 10.2 Å². The largest absolute Gasteiger partial charge is 0.439 e. The normalized spacial score (nSPS) is 31.8. The number of piperidine rings is 1. The van der Waals surface area contributed by atoms with Gasteiger partial charge in [-0.3, -0.25) is 0 Å². The van der Waals surface area contributed by atoms with Gasteiger partial charge in [0.25, 0.3) is 5.66 Å². The molecule has 0 amide bonds. The Morgan fingerprint density at radius 1 is 1.23 bits per heavy atom. The highest BCUT2D eigenvalue weighted by Gasteiger charge is 2.68. The molecule has 2 heterocycles. The molecule has 0 bridgehead atoms. The number of halogens is 3. The topological polar surface area (TPSA) is 36.8 Å². The van der Waals surface area contributed by atoms with E-state index in [9.17, 15) is 13.2 Å². The van der Waals surface area contributed by atoms with Gasteiger partial charge < -0.3 is 5.32 Å². The van der Waals surface area contributed by atoms with E-state index in [0.717, 1.165) is 12.8 Å². The van der Waals surface area contributed by atoms with Crippen molar-refractivity contribution in [2.24, 2.45) is 10.2 Å². The standard InChI is InChI=1S/C7H10F3N3/c8-7(9,10)6(12-13-6)5-3-1-2-4-11-5/h5,11H,1-4H2. The summed E-state index contributed by atoms with van der Waals surface area (Å²) in [6.45, 7) is 0.632. The quantitative estimate of drug-likeness (QED) is 0.677. The fourth-order valence-electron chi connectivity index (χ4n) is 1.70. The number of hydrogen-bond acceptors (Lipinski definition) is 3. The van der Waals surface area contributed by atoms with Gasteiger partial charge in [-0.25, -0.2) is 0 Å². The van der Waals surface area contributed by atoms with Gasteiger partial charge in [0, 0.05) is 0 Å². The highest BCUT2D eigenvalue weighted by atomic mass is 19.4. The van der Waals surface area contributed by atoms with Gasteiger partial charge >= 0.3 is 6.18 Å². The van der Waals surface area contributed by atoms with E-state index in [1.807, 2.05) is 0 Å². The fraction of sp³-hybridized carbons (Fsp3) is 1.00. The van der Waals surface area contributed by atoms with Gasteiger partial charge in [0.1, 0.15) is 0 Å². The first-order chi connectivity index (χ1) is 6.06. The minimum absolute atomic E-state index is 0.506. The van der Waals surface area contributed by atoms with E-state index in [1.165, 1.54) is 0 Å². The number of alkyl halides is 3. The van der Waals surface area contributed by atoms with Crippen molar-refractivity contribution in [3.05, 3.63) is 0 Å². The molecule has 1 atom stereocenters. The first-order valence-corrected chi connectivity index (χ1v) is 4.30. The molecule has 0 aromatic heterocycles. The van der Waals surface area contributed by atoms with Crippen LogP contribution in [-0.2, 0) is 0 Å². The lowest BCUT2D eigenvalue weighted by molar-refractivity contribution is -0.172. The van der Waals surface area contributed by atoms with Crippen LogP contribution in [0.25, 0.3) is 0 Å². The maximum Gasteiger partial charge on any atom is 0.439 e. The Labute approximate surface area is 73.4 Å². The predicted molar refractivity (Wildman–Crippen MR) is 39.3 cm³/mol. The first kappa shape index (κ1) is 8.93. The van der Waals surface area contributed by atoms with E-state index in [2.05, 4.69) is 15.5 Å². The molecule has 1 unspecified atom stereocenters. The maximum atomic E-state index is 12.5. The van der Waals surface area contributed by atoms with Crippen molar-refractivity contribution in [2.75, 3.05) is 6.54 Å². The van der Waals surface area contributed by atoms with Crippen molar-refractivity contribution >= 4 is 0 Å². The third-order valence-electron chi connectivity index (χ3n) is 2.53. The van der Waals surface area contributed by atoms with Crippen LogP contribution in [0.3, 0.4) is 0 Å². The Hall–Kier alpha value is -0.650. The Kier molecular flexibility index (Phi) is 1.83. The Morgan fingerprint density at radius 2 is 1.92 bits per heavy atom. The first-order valence-electron chi connectivity index (χ1n) is 4.30. The summed E-state index contributed by atoms with van der Waals surface area (Å²) in [6, 6.07) is -0.638. The van der Waals surface area contributed by atoms with Crippen LogP contribution < -0.4 is 5.32 Å². The summed E-state index contributed by atoms with van der Waals surface area (Å²) in [7, 11) is 0. The molecule has 2 aliphatic heterocycles. The van der Waals surface area contributed by atoms with Crippen LogP contribution >= 0.6 is 0 Å². The van der Waals surface area contributed by atoms with Crippen molar-refractivity contribution in [1.29, 1.82) is 0 Å². The molecule has 2 aliphatic rings. The molecule has 0 aliphatic carbocycles. The monoisotopic (exact) mass is 193 g/mol. The summed E-state index contributed by atoms with van der Waals surface area (Å²) in [4.78, 5) is 0. The smallest absolute Gasteiger partial charge is 0.310 e.